The Labute approximate surface area is 129 Å². The van der Waals surface area contributed by atoms with Crippen LogP contribution < -0.4 is 0 Å². The van der Waals surface area contributed by atoms with Gasteiger partial charge in [-0.05, 0) is 36.5 Å². The Hall–Kier alpha value is -0.590. The number of nitrogens with zero attached hydrogens (tertiary/aromatic N) is 3. The summed E-state index contributed by atoms with van der Waals surface area (Å²) in [7, 11) is 0. The van der Waals surface area contributed by atoms with Crippen molar-refractivity contribution in [3.8, 4) is 6.07 Å². The molecule has 4 aliphatic heterocycles. The molecule has 5 rings (SSSR count). The largest absolute Gasteiger partial charge is 0.286 e. The standard InChI is InChI=1S/C18H29N3/c1-16-10-17(2)13-20(11-16)15(21(12-16)14-17)18(8-5-9-19)6-3-4-7-18/h15H,3-8,10-14H2,1-2H3. The van der Waals surface area contributed by atoms with E-state index in [1.54, 1.807) is 0 Å². The van der Waals surface area contributed by atoms with Gasteiger partial charge in [-0.15, -0.1) is 0 Å². The molecule has 0 aromatic rings. The van der Waals surface area contributed by atoms with Crippen molar-refractivity contribution in [2.24, 2.45) is 16.2 Å². The molecule has 4 saturated heterocycles. The Morgan fingerprint density at radius 3 is 2.00 bits per heavy atom. The Kier molecular flexibility index (Phi) is 2.98. The monoisotopic (exact) mass is 287 g/mol. The van der Waals surface area contributed by atoms with E-state index in [1.807, 2.05) is 0 Å². The molecule has 0 aromatic carbocycles. The lowest BCUT2D eigenvalue weighted by Gasteiger charge is -2.69. The van der Waals surface area contributed by atoms with E-state index in [1.165, 1.54) is 58.3 Å². The molecule has 1 saturated carbocycles. The van der Waals surface area contributed by atoms with Crippen LogP contribution >= 0.6 is 0 Å². The number of rotatable bonds is 3. The smallest absolute Gasteiger partial charge is 0.0681 e. The van der Waals surface area contributed by atoms with Crippen molar-refractivity contribution in [3.63, 3.8) is 0 Å². The van der Waals surface area contributed by atoms with Crippen LogP contribution in [0.2, 0.25) is 0 Å². The summed E-state index contributed by atoms with van der Waals surface area (Å²) in [5.41, 5.74) is 1.43. The van der Waals surface area contributed by atoms with Crippen LogP contribution in [0.5, 0.6) is 0 Å². The van der Waals surface area contributed by atoms with E-state index in [9.17, 15) is 0 Å². The van der Waals surface area contributed by atoms with Crippen LogP contribution in [0.25, 0.3) is 0 Å². The lowest BCUT2D eigenvalue weighted by atomic mass is 9.61. The topological polar surface area (TPSA) is 30.3 Å². The molecule has 116 valence electrons. The van der Waals surface area contributed by atoms with Crippen LogP contribution in [0.3, 0.4) is 0 Å². The first kappa shape index (κ1) is 14.0. The molecule has 21 heavy (non-hydrogen) atoms. The molecule has 3 nitrogen and oxygen atoms in total. The van der Waals surface area contributed by atoms with E-state index in [4.69, 9.17) is 5.26 Å². The third kappa shape index (κ3) is 2.06. The van der Waals surface area contributed by atoms with Crippen molar-refractivity contribution >= 4 is 0 Å². The van der Waals surface area contributed by atoms with Crippen LogP contribution in [-0.2, 0) is 0 Å². The second-order valence-electron chi connectivity index (χ2n) is 9.21. The van der Waals surface area contributed by atoms with Gasteiger partial charge in [0.25, 0.3) is 0 Å². The van der Waals surface area contributed by atoms with Gasteiger partial charge in [0.2, 0.25) is 0 Å². The van der Waals surface area contributed by atoms with Gasteiger partial charge in [-0.3, -0.25) is 9.80 Å². The lowest BCUT2D eigenvalue weighted by molar-refractivity contribution is -0.225. The zero-order chi connectivity index (χ0) is 14.7. The number of hydrogen-bond acceptors (Lipinski definition) is 3. The molecule has 0 aromatic heterocycles. The van der Waals surface area contributed by atoms with Gasteiger partial charge in [0, 0.05) is 38.0 Å². The van der Waals surface area contributed by atoms with Crippen LogP contribution in [-0.4, -0.2) is 42.1 Å². The van der Waals surface area contributed by atoms with Gasteiger partial charge in [-0.1, -0.05) is 26.7 Å². The van der Waals surface area contributed by atoms with Crippen molar-refractivity contribution in [2.75, 3.05) is 26.2 Å². The Bertz CT molecular complexity index is 435. The molecule has 0 spiro atoms. The van der Waals surface area contributed by atoms with E-state index < -0.39 is 0 Å². The minimum atomic E-state index is 0.412. The Balaban J connectivity index is 1.65. The average molecular weight is 287 g/mol. The van der Waals surface area contributed by atoms with E-state index in [0.29, 0.717) is 22.4 Å². The molecule has 3 heteroatoms. The third-order valence-corrected chi connectivity index (χ3v) is 6.77. The fourth-order valence-corrected chi connectivity index (χ4v) is 6.80. The van der Waals surface area contributed by atoms with Crippen LogP contribution in [0.15, 0.2) is 0 Å². The minimum absolute atomic E-state index is 0.412. The highest BCUT2D eigenvalue weighted by Crippen LogP contribution is 2.57. The molecule has 4 bridgehead atoms. The molecular formula is C18H29N3. The Morgan fingerprint density at radius 2 is 1.52 bits per heavy atom. The average Bonchev–Trinajstić information content (AvgIpc) is 2.82. The van der Waals surface area contributed by atoms with Crippen molar-refractivity contribution in [1.82, 2.24) is 9.80 Å². The van der Waals surface area contributed by atoms with Crippen molar-refractivity contribution in [3.05, 3.63) is 0 Å². The highest BCUT2D eigenvalue weighted by atomic mass is 15.4. The van der Waals surface area contributed by atoms with Crippen LogP contribution in [0.4, 0.5) is 0 Å². The maximum absolute atomic E-state index is 9.10. The molecule has 0 radical (unpaired) electrons. The molecule has 0 unspecified atom stereocenters. The number of hydrogen-bond donors (Lipinski definition) is 0. The second kappa shape index (κ2) is 4.46. The fourth-order valence-electron chi connectivity index (χ4n) is 6.80. The number of piperidine rings is 2. The van der Waals surface area contributed by atoms with Gasteiger partial charge >= 0.3 is 0 Å². The first-order chi connectivity index (χ1) is 9.98. The summed E-state index contributed by atoms with van der Waals surface area (Å²) in [6, 6.07) is 2.42. The van der Waals surface area contributed by atoms with E-state index in [2.05, 4.69) is 29.7 Å². The van der Waals surface area contributed by atoms with Gasteiger partial charge in [-0.2, -0.15) is 5.26 Å². The zero-order valence-corrected chi connectivity index (χ0v) is 13.7. The number of nitriles is 1. The highest BCUT2D eigenvalue weighted by Gasteiger charge is 2.60. The molecule has 0 amide bonds. The molecule has 1 aliphatic carbocycles. The first-order valence-electron chi connectivity index (χ1n) is 8.83. The summed E-state index contributed by atoms with van der Waals surface area (Å²) in [5, 5.41) is 9.10. The van der Waals surface area contributed by atoms with E-state index >= 15 is 0 Å². The quantitative estimate of drug-likeness (QED) is 0.798. The summed E-state index contributed by atoms with van der Waals surface area (Å²) in [4.78, 5) is 5.64. The van der Waals surface area contributed by atoms with Gasteiger partial charge in [0.05, 0.1) is 12.2 Å². The first-order valence-corrected chi connectivity index (χ1v) is 8.83. The molecular weight excluding hydrogens is 258 g/mol. The summed E-state index contributed by atoms with van der Waals surface area (Å²) in [6.07, 6.45) is 9.34. The van der Waals surface area contributed by atoms with Crippen molar-refractivity contribution in [2.45, 2.75) is 65.0 Å². The molecule has 5 aliphatic rings. The van der Waals surface area contributed by atoms with Gasteiger partial charge in [-0.25, -0.2) is 0 Å². The van der Waals surface area contributed by atoms with Gasteiger partial charge < -0.3 is 0 Å². The summed E-state index contributed by atoms with van der Waals surface area (Å²) >= 11 is 0. The van der Waals surface area contributed by atoms with E-state index in [-0.39, 0.29) is 0 Å². The normalized spacial score (nSPS) is 50.2. The van der Waals surface area contributed by atoms with Crippen molar-refractivity contribution < 1.29 is 0 Å². The van der Waals surface area contributed by atoms with Crippen LogP contribution in [0, 0.1) is 27.6 Å². The highest BCUT2D eigenvalue weighted by molar-refractivity contribution is 5.12. The van der Waals surface area contributed by atoms with E-state index in [0.717, 1.165) is 12.8 Å². The predicted molar refractivity (Wildman–Crippen MR) is 83.5 cm³/mol. The second-order valence-corrected chi connectivity index (χ2v) is 9.21. The maximum Gasteiger partial charge on any atom is 0.0681 e. The molecule has 5 fully saturated rings. The van der Waals surface area contributed by atoms with Crippen molar-refractivity contribution in [1.29, 1.82) is 5.26 Å². The maximum atomic E-state index is 9.10. The third-order valence-electron chi connectivity index (χ3n) is 6.77. The predicted octanol–water partition coefficient (Wildman–Crippen LogP) is 3.22. The molecule has 0 N–H and O–H groups in total. The van der Waals surface area contributed by atoms with Crippen LogP contribution in [0.1, 0.15) is 58.8 Å². The Morgan fingerprint density at radius 1 is 1.00 bits per heavy atom. The minimum Gasteiger partial charge on any atom is -0.286 e. The zero-order valence-electron chi connectivity index (χ0n) is 13.7. The van der Waals surface area contributed by atoms with Gasteiger partial charge in [0.1, 0.15) is 0 Å². The SMILES string of the molecule is CC12CN3CC(C)(CN(C1)C3C1(CCC#N)CCCC1)C2. The molecule has 4 heterocycles. The summed E-state index contributed by atoms with van der Waals surface area (Å²) < 4.78 is 0. The lowest BCUT2D eigenvalue weighted by Crippen LogP contribution is -2.76. The summed E-state index contributed by atoms with van der Waals surface area (Å²) in [5.74, 6) is 0. The molecule has 0 atom stereocenters. The fraction of sp³-hybridized carbons (Fsp3) is 0.944. The van der Waals surface area contributed by atoms with Gasteiger partial charge in [0.15, 0.2) is 0 Å². The summed E-state index contributed by atoms with van der Waals surface area (Å²) in [6.45, 7) is 10.2.